The van der Waals surface area contributed by atoms with Crippen molar-refractivity contribution in [1.29, 1.82) is 0 Å². The van der Waals surface area contributed by atoms with Gasteiger partial charge in [0.05, 0.1) is 6.61 Å². The predicted octanol–water partition coefficient (Wildman–Crippen LogP) is 3.66. The lowest BCUT2D eigenvalue weighted by Crippen LogP contribution is -2.46. The number of esters is 2. The van der Waals surface area contributed by atoms with Gasteiger partial charge in [0.1, 0.15) is 22.8 Å². The van der Waals surface area contributed by atoms with Crippen molar-refractivity contribution in [2.24, 2.45) is 0 Å². The topological polar surface area (TPSA) is 108 Å². The van der Waals surface area contributed by atoms with Crippen molar-refractivity contribution < 1.29 is 38.1 Å². The van der Waals surface area contributed by atoms with Gasteiger partial charge < -0.3 is 18.9 Å². The molecule has 1 heterocycles. The van der Waals surface area contributed by atoms with Gasteiger partial charge in [-0.15, -0.1) is 11.8 Å². The van der Waals surface area contributed by atoms with Crippen LogP contribution in [0.3, 0.4) is 0 Å². The van der Waals surface area contributed by atoms with Gasteiger partial charge in [0, 0.05) is 18.2 Å². The van der Waals surface area contributed by atoms with Crippen LogP contribution in [0.25, 0.3) is 0 Å². The van der Waals surface area contributed by atoms with Crippen LogP contribution in [0, 0.1) is 0 Å². The van der Waals surface area contributed by atoms with Crippen LogP contribution in [0.4, 0.5) is 9.59 Å². The minimum atomic E-state index is -1.14. The maximum Gasteiger partial charge on any atom is 0.516 e. The monoisotopic (exact) mass is 439 g/mol. The smallest absolute Gasteiger partial charge is 0.444 e. The molecule has 1 fully saturated rings. The molecule has 1 aromatic rings. The third kappa shape index (κ3) is 6.12. The lowest BCUT2D eigenvalue weighted by molar-refractivity contribution is -0.145. The Morgan fingerprint density at radius 3 is 2.43 bits per heavy atom. The zero-order valence-corrected chi connectivity index (χ0v) is 18.3. The van der Waals surface area contributed by atoms with E-state index in [4.69, 9.17) is 14.2 Å². The lowest BCUT2D eigenvalue weighted by atomic mass is 10.1. The molecule has 1 aliphatic rings. The molecule has 0 N–H and O–H groups in total. The van der Waals surface area contributed by atoms with Crippen LogP contribution in [0.15, 0.2) is 24.3 Å². The first-order chi connectivity index (χ1) is 14.0. The van der Waals surface area contributed by atoms with Gasteiger partial charge in [-0.2, -0.15) is 0 Å². The molecule has 0 radical (unpaired) electrons. The minimum Gasteiger partial charge on any atom is -0.444 e. The summed E-state index contributed by atoms with van der Waals surface area (Å²) in [4.78, 5) is 49.8. The summed E-state index contributed by atoms with van der Waals surface area (Å²) in [5.41, 5.74) is -0.310. The molecule has 30 heavy (non-hydrogen) atoms. The molecule has 0 bridgehead atoms. The van der Waals surface area contributed by atoms with Crippen LogP contribution in [0.2, 0.25) is 0 Å². The molecule has 10 heteroatoms. The number of rotatable bonds is 4. The van der Waals surface area contributed by atoms with Gasteiger partial charge in [0.25, 0.3) is 0 Å². The van der Waals surface area contributed by atoms with Gasteiger partial charge in [-0.1, -0.05) is 18.2 Å². The average Bonchev–Trinajstić information content (AvgIpc) is 3.05. The fourth-order valence-corrected chi connectivity index (χ4v) is 4.12. The molecule has 1 aromatic carbocycles. The summed E-state index contributed by atoms with van der Waals surface area (Å²) in [6.45, 7) is 7.97. The normalized spacial score (nSPS) is 18.5. The Balaban J connectivity index is 2.38. The third-order valence-corrected chi connectivity index (χ3v) is 5.07. The van der Waals surface area contributed by atoms with E-state index >= 15 is 0 Å². The highest BCUT2D eigenvalue weighted by atomic mass is 32.2. The standard InChI is InChI=1S/C20H25NO8S/c1-6-26-19(25)28-17(23)14-11-30-16(21(14)18(24)29-20(3,4)5)13-9-7-8-10-15(13)27-12(2)22/h7-10,14,16H,6,11H2,1-5H3/t14-,16+/m0/s1. The van der Waals surface area contributed by atoms with Crippen LogP contribution in [0.1, 0.15) is 45.6 Å². The molecule has 1 amide bonds. The maximum absolute atomic E-state index is 13.0. The second-order valence-electron chi connectivity index (χ2n) is 7.32. The van der Waals surface area contributed by atoms with Crippen molar-refractivity contribution in [2.45, 2.75) is 51.6 Å². The van der Waals surface area contributed by atoms with Gasteiger partial charge in [0.15, 0.2) is 0 Å². The van der Waals surface area contributed by atoms with Crippen LogP contribution in [-0.2, 0) is 23.8 Å². The van der Waals surface area contributed by atoms with Crippen molar-refractivity contribution in [3.63, 3.8) is 0 Å². The highest BCUT2D eigenvalue weighted by Gasteiger charge is 2.46. The number of thioether (sulfide) groups is 1. The number of ether oxygens (including phenoxy) is 4. The Labute approximate surface area is 179 Å². The molecule has 0 saturated carbocycles. The summed E-state index contributed by atoms with van der Waals surface area (Å²) in [5.74, 6) is -1.04. The Kier molecular flexibility index (Phi) is 7.71. The van der Waals surface area contributed by atoms with E-state index in [0.29, 0.717) is 5.56 Å². The van der Waals surface area contributed by atoms with Crippen molar-refractivity contribution in [3.8, 4) is 5.75 Å². The fraction of sp³-hybridized carbons (Fsp3) is 0.500. The lowest BCUT2D eigenvalue weighted by Gasteiger charge is -2.31. The van der Waals surface area contributed by atoms with Gasteiger partial charge in [-0.25, -0.2) is 14.4 Å². The fourth-order valence-electron chi connectivity index (χ4n) is 2.69. The first-order valence-electron chi connectivity index (χ1n) is 9.32. The number of benzene rings is 1. The molecule has 0 unspecified atom stereocenters. The Hall–Kier alpha value is -2.75. The van der Waals surface area contributed by atoms with E-state index in [1.54, 1.807) is 52.0 Å². The van der Waals surface area contributed by atoms with Crippen LogP contribution >= 0.6 is 11.8 Å². The van der Waals surface area contributed by atoms with Crippen LogP contribution in [0.5, 0.6) is 5.75 Å². The minimum absolute atomic E-state index is 0.0414. The second kappa shape index (κ2) is 9.84. The Bertz CT molecular complexity index is 819. The Morgan fingerprint density at radius 2 is 1.83 bits per heavy atom. The molecule has 0 aromatic heterocycles. The van der Waals surface area contributed by atoms with Crippen molar-refractivity contribution in [3.05, 3.63) is 29.8 Å². The van der Waals surface area contributed by atoms with Gasteiger partial charge in [-0.3, -0.25) is 9.69 Å². The number of carbonyl (C=O) groups is 4. The SMILES string of the molecule is CCOC(=O)OC(=O)[C@@H]1CS[C@H](c2ccccc2OC(C)=O)N1C(=O)OC(C)(C)C. The molecule has 1 aliphatic heterocycles. The number of amides is 1. The summed E-state index contributed by atoms with van der Waals surface area (Å²) in [5, 5.41) is -0.699. The summed E-state index contributed by atoms with van der Waals surface area (Å²) < 4.78 is 20.1. The molecule has 9 nitrogen and oxygen atoms in total. The van der Waals surface area contributed by atoms with Crippen LogP contribution in [-0.4, -0.2) is 53.1 Å². The van der Waals surface area contributed by atoms with Gasteiger partial charge in [-0.05, 0) is 33.8 Å². The van der Waals surface area contributed by atoms with E-state index in [1.165, 1.54) is 23.6 Å². The van der Waals surface area contributed by atoms with E-state index in [0.717, 1.165) is 0 Å². The summed E-state index contributed by atoms with van der Waals surface area (Å²) in [6.07, 6.45) is -1.90. The largest absolute Gasteiger partial charge is 0.516 e. The van der Waals surface area contributed by atoms with Crippen molar-refractivity contribution in [1.82, 2.24) is 4.90 Å². The molecule has 164 valence electrons. The Morgan fingerprint density at radius 1 is 1.17 bits per heavy atom. The first-order valence-corrected chi connectivity index (χ1v) is 10.4. The van der Waals surface area contributed by atoms with E-state index in [1.807, 2.05) is 0 Å². The van der Waals surface area contributed by atoms with Gasteiger partial charge >= 0.3 is 24.2 Å². The number of hydrogen-bond donors (Lipinski definition) is 0. The van der Waals surface area contributed by atoms with Crippen LogP contribution < -0.4 is 4.74 Å². The third-order valence-electron chi connectivity index (χ3n) is 3.76. The van der Waals surface area contributed by atoms with Crippen molar-refractivity contribution in [2.75, 3.05) is 12.4 Å². The van der Waals surface area contributed by atoms with Crippen molar-refractivity contribution >= 4 is 35.9 Å². The summed E-state index contributed by atoms with van der Waals surface area (Å²) in [6, 6.07) is 5.59. The number of carbonyl (C=O) groups excluding carboxylic acids is 4. The zero-order valence-electron chi connectivity index (χ0n) is 17.5. The number of hydrogen-bond acceptors (Lipinski definition) is 9. The highest BCUT2D eigenvalue weighted by Crippen LogP contribution is 2.45. The molecular weight excluding hydrogens is 414 g/mol. The highest BCUT2D eigenvalue weighted by molar-refractivity contribution is 7.99. The van der Waals surface area contributed by atoms with E-state index in [2.05, 4.69) is 4.74 Å². The molecule has 2 rings (SSSR count). The molecule has 0 spiro atoms. The van der Waals surface area contributed by atoms with E-state index in [9.17, 15) is 19.2 Å². The molecule has 0 aliphatic carbocycles. The van der Waals surface area contributed by atoms with E-state index in [-0.39, 0.29) is 18.1 Å². The van der Waals surface area contributed by atoms with E-state index < -0.39 is 41.2 Å². The number of para-hydroxylation sites is 1. The van der Waals surface area contributed by atoms with Gasteiger partial charge in [0.2, 0.25) is 0 Å². The molecular formula is C20H25NO8S. The molecule has 1 saturated heterocycles. The predicted molar refractivity (Wildman–Crippen MR) is 108 cm³/mol. The molecule has 2 atom stereocenters. The summed E-state index contributed by atoms with van der Waals surface area (Å²) in [7, 11) is 0. The average molecular weight is 439 g/mol. The maximum atomic E-state index is 13.0. The quantitative estimate of drug-likeness (QED) is 0.394. The first kappa shape index (κ1) is 23.5. The summed E-state index contributed by atoms with van der Waals surface area (Å²) >= 11 is 1.26. The zero-order chi connectivity index (χ0) is 22.5. The second-order valence-corrected chi connectivity index (χ2v) is 8.44. The number of nitrogens with zero attached hydrogens (tertiary/aromatic N) is 1.